The monoisotopic (exact) mass is 353 g/mol. The van der Waals surface area contributed by atoms with Crippen LogP contribution in [-0.4, -0.2) is 41.6 Å². The summed E-state index contributed by atoms with van der Waals surface area (Å²) in [4.78, 5) is 30.7. The second-order valence-electron chi connectivity index (χ2n) is 6.30. The van der Waals surface area contributed by atoms with Crippen molar-refractivity contribution in [3.8, 4) is 11.5 Å². The highest BCUT2D eigenvalue weighted by Crippen LogP contribution is 2.32. The van der Waals surface area contributed by atoms with Crippen molar-refractivity contribution < 1.29 is 19.1 Å². The first-order valence-electron chi connectivity index (χ1n) is 8.63. The number of aromatic nitrogens is 1. The molecule has 0 radical (unpaired) electrons. The van der Waals surface area contributed by atoms with Crippen LogP contribution in [0.25, 0.3) is 0 Å². The average Bonchev–Trinajstić information content (AvgIpc) is 3.36. The number of nitrogens with one attached hydrogen (secondary N) is 1. The van der Waals surface area contributed by atoms with E-state index in [0.29, 0.717) is 23.6 Å². The standard InChI is InChI=1S/C19H19N3O4/c23-18(21-11-13-3-4-16-17(9-13)26-12-25-16)15-10-14(5-6-20-15)19(24)22-7-1-2-8-22/h3-6,9-10H,1-2,7-8,11-12H2,(H,21,23). The number of ether oxygens (including phenoxy) is 2. The van der Waals surface area contributed by atoms with Gasteiger partial charge in [-0.2, -0.15) is 0 Å². The predicted molar refractivity (Wildman–Crippen MR) is 93.1 cm³/mol. The molecule has 1 aromatic carbocycles. The normalized spacial score (nSPS) is 15.2. The molecule has 1 N–H and O–H groups in total. The summed E-state index contributed by atoms with van der Waals surface area (Å²) in [6, 6.07) is 8.72. The van der Waals surface area contributed by atoms with Gasteiger partial charge < -0.3 is 19.7 Å². The number of rotatable bonds is 4. The van der Waals surface area contributed by atoms with Gasteiger partial charge in [0.25, 0.3) is 11.8 Å². The third-order valence-electron chi connectivity index (χ3n) is 4.52. The maximum atomic E-state index is 12.5. The Morgan fingerprint density at radius 2 is 1.88 bits per heavy atom. The minimum Gasteiger partial charge on any atom is -0.454 e. The largest absolute Gasteiger partial charge is 0.454 e. The summed E-state index contributed by atoms with van der Waals surface area (Å²) in [5, 5.41) is 2.82. The SMILES string of the molecule is O=C(NCc1ccc2c(c1)OCO2)c1cc(C(=O)N2CCCC2)ccn1. The fraction of sp³-hybridized carbons (Fsp3) is 0.316. The molecule has 7 heteroatoms. The number of benzene rings is 1. The van der Waals surface area contributed by atoms with Crippen molar-refractivity contribution in [2.45, 2.75) is 19.4 Å². The van der Waals surface area contributed by atoms with E-state index in [1.807, 2.05) is 23.1 Å². The molecule has 1 fully saturated rings. The predicted octanol–water partition coefficient (Wildman–Crippen LogP) is 1.98. The Labute approximate surface area is 150 Å². The summed E-state index contributed by atoms with van der Waals surface area (Å²) >= 11 is 0. The van der Waals surface area contributed by atoms with Crippen molar-refractivity contribution in [1.29, 1.82) is 0 Å². The van der Waals surface area contributed by atoms with Crippen LogP contribution >= 0.6 is 0 Å². The van der Waals surface area contributed by atoms with Gasteiger partial charge in [-0.15, -0.1) is 0 Å². The zero-order valence-corrected chi connectivity index (χ0v) is 14.2. The zero-order valence-electron chi connectivity index (χ0n) is 14.2. The van der Waals surface area contributed by atoms with Gasteiger partial charge in [0.05, 0.1) is 0 Å². The lowest BCUT2D eigenvalue weighted by atomic mass is 10.2. The van der Waals surface area contributed by atoms with Crippen LogP contribution in [0.3, 0.4) is 0 Å². The first-order valence-corrected chi connectivity index (χ1v) is 8.63. The molecule has 0 aliphatic carbocycles. The molecule has 134 valence electrons. The van der Waals surface area contributed by atoms with E-state index in [1.54, 1.807) is 12.1 Å². The lowest BCUT2D eigenvalue weighted by Gasteiger charge is -2.15. The number of fused-ring (bicyclic) bond motifs is 1. The van der Waals surface area contributed by atoms with Crippen LogP contribution in [0.1, 0.15) is 39.3 Å². The van der Waals surface area contributed by atoms with Crippen molar-refractivity contribution >= 4 is 11.8 Å². The molecular formula is C19H19N3O4. The first-order chi connectivity index (χ1) is 12.7. The van der Waals surface area contributed by atoms with Gasteiger partial charge in [-0.25, -0.2) is 0 Å². The second kappa shape index (κ2) is 7.03. The summed E-state index contributed by atoms with van der Waals surface area (Å²) in [6.07, 6.45) is 3.55. The molecule has 4 rings (SSSR count). The molecule has 2 amide bonds. The fourth-order valence-corrected chi connectivity index (χ4v) is 3.11. The molecule has 0 spiro atoms. The van der Waals surface area contributed by atoms with Crippen LogP contribution in [-0.2, 0) is 6.54 Å². The molecule has 0 bridgehead atoms. The highest BCUT2D eigenvalue weighted by Gasteiger charge is 2.21. The molecule has 1 aromatic heterocycles. The lowest BCUT2D eigenvalue weighted by Crippen LogP contribution is -2.28. The smallest absolute Gasteiger partial charge is 0.270 e. The van der Waals surface area contributed by atoms with Gasteiger partial charge in [0.15, 0.2) is 11.5 Å². The van der Waals surface area contributed by atoms with Gasteiger partial charge in [-0.1, -0.05) is 6.07 Å². The number of amides is 2. The molecule has 2 aromatic rings. The van der Waals surface area contributed by atoms with Crippen molar-refractivity contribution in [3.05, 3.63) is 53.3 Å². The number of likely N-dealkylation sites (tertiary alicyclic amines) is 1. The van der Waals surface area contributed by atoms with Gasteiger partial charge in [0.2, 0.25) is 6.79 Å². The van der Waals surface area contributed by atoms with Crippen LogP contribution in [0.4, 0.5) is 0 Å². The molecule has 2 aliphatic rings. The van der Waals surface area contributed by atoms with Crippen LogP contribution in [0.2, 0.25) is 0 Å². The van der Waals surface area contributed by atoms with Gasteiger partial charge in [-0.3, -0.25) is 14.6 Å². The van der Waals surface area contributed by atoms with Gasteiger partial charge >= 0.3 is 0 Å². The van der Waals surface area contributed by atoms with E-state index >= 15 is 0 Å². The summed E-state index contributed by atoms with van der Waals surface area (Å²) in [7, 11) is 0. The number of carbonyl (C=O) groups is 2. The number of nitrogens with zero attached hydrogens (tertiary/aromatic N) is 2. The van der Waals surface area contributed by atoms with E-state index in [-0.39, 0.29) is 24.3 Å². The Kier molecular flexibility index (Phi) is 4.43. The first kappa shape index (κ1) is 16.4. The number of hydrogen-bond acceptors (Lipinski definition) is 5. The molecule has 0 unspecified atom stereocenters. The second-order valence-corrected chi connectivity index (χ2v) is 6.30. The highest BCUT2D eigenvalue weighted by molar-refractivity contribution is 5.98. The van der Waals surface area contributed by atoms with Crippen molar-refractivity contribution in [1.82, 2.24) is 15.2 Å². The Morgan fingerprint density at radius 3 is 2.73 bits per heavy atom. The van der Waals surface area contributed by atoms with Crippen molar-refractivity contribution in [2.24, 2.45) is 0 Å². The van der Waals surface area contributed by atoms with Crippen LogP contribution < -0.4 is 14.8 Å². The van der Waals surface area contributed by atoms with Gasteiger partial charge in [0.1, 0.15) is 5.69 Å². The highest BCUT2D eigenvalue weighted by atomic mass is 16.7. The Balaban J connectivity index is 1.41. The van der Waals surface area contributed by atoms with Gasteiger partial charge in [-0.05, 0) is 42.7 Å². The van der Waals surface area contributed by atoms with E-state index in [0.717, 1.165) is 31.5 Å². The fourth-order valence-electron chi connectivity index (χ4n) is 3.11. The molecule has 26 heavy (non-hydrogen) atoms. The van der Waals surface area contributed by atoms with E-state index in [2.05, 4.69) is 10.3 Å². The summed E-state index contributed by atoms with van der Waals surface area (Å²) in [6.45, 7) is 2.09. The third kappa shape index (κ3) is 3.33. The Hall–Kier alpha value is -3.09. The van der Waals surface area contributed by atoms with Crippen LogP contribution in [0, 0.1) is 0 Å². The maximum absolute atomic E-state index is 12.5. The quantitative estimate of drug-likeness (QED) is 0.909. The Bertz CT molecular complexity index is 846. The lowest BCUT2D eigenvalue weighted by molar-refractivity contribution is 0.0792. The molecule has 0 saturated carbocycles. The van der Waals surface area contributed by atoms with E-state index < -0.39 is 0 Å². The van der Waals surface area contributed by atoms with Gasteiger partial charge in [0, 0.05) is 31.4 Å². The summed E-state index contributed by atoms with van der Waals surface area (Å²) in [5.41, 5.74) is 1.62. The van der Waals surface area contributed by atoms with E-state index in [4.69, 9.17) is 9.47 Å². The minimum absolute atomic E-state index is 0.0466. The maximum Gasteiger partial charge on any atom is 0.270 e. The van der Waals surface area contributed by atoms with E-state index in [9.17, 15) is 9.59 Å². The molecule has 3 heterocycles. The zero-order chi connectivity index (χ0) is 17.9. The molecular weight excluding hydrogens is 334 g/mol. The van der Waals surface area contributed by atoms with Crippen molar-refractivity contribution in [3.63, 3.8) is 0 Å². The molecule has 0 atom stereocenters. The average molecular weight is 353 g/mol. The third-order valence-corrected chi connectivity index (χ3v) is 4.52. The van der Waals surface area contributed by atoms with Crippen LogP contribution in [0.15, 0.2) is 36.5 Å². The summed E-state index contributed by atoms with van der Waals surface area (Å²) in [5.74, 6) is 1.01. The Morgan fingerprint density at radius 1 is 1.08 bits per heavy atom. The molecule has 2 aliphatic heterocycles. The topological polar surface area (TPSA) is 80.8 Å². The number of carbonyl (C=O) groups excluding carboxylic acids is 2. The van der Waals surface area contributed by atoms with Crippen LogP contribution in [0.5, 0.6) is 11.5 Å². The van der Waals surface area contributed by atoms with E-state index in [1.165, 1.54) is 6.20 Å². The summed E-state index contributed by atoms with van der Waals surface area (Å²) < 4.78 is 10.6. The molecule has 7 nitrogen and oxygen atoms in total. The molecule has 1 saturated heterocycles. The number of hydrogen-bond donors (Lipinski definition) is 1. The number of pyridine rings is 1. The minimum atomic E-state index is -0.321. The van der Waals surface area contributed by atoms with Crippen molar-refractivity contribution in [2.75, 3.05) is 19.9 Å².